The van der Waals surface area contributed by atoms with Gasteiger partial charge < -0.3 is 10.2 Å². The summed E-state index contributed by atoms with van der Waals surface area (Å²) in [7, 11) is 3.86. The van der Waals surface area contributed by atoms with Crippen LogP contribution in [-0.2, 0) is 13.6 Å². The van der Waals surface area contributed by atoms with Crippen molar-refractivity contribution >= 4 is 23.0 Å². The highest BCUT2D eigenvalue weighted by molar-refractivity contribution is 7.80. The molecule has 0 aliphatic carbocycles. The van der Waals surface area contributed by atoms with Gasteiger partial charge in [0.1, 0.15) is 0 Å². The van der Waals surface area contributed by atoms with Crippen LogP contribution in [0.5, 0.6) is 0 Å². The molecule has 0 fully saturated rings. The summed E-state index contributed by atoms with van der Waals surface area (Å²) in [6, 6.07) is 11.9. The molecule has 2 rings (SSSR count). The number of aromatic nitrogens is 2. The first-order valence-corrected chi connectivity index (χ1v) is 6.11. The van der Waals surface area contributed by atoms with Gasteiger partial charge in [-0.25, -0.2) is 0 Å². The smallest absolute Gasteiger partial charge is 0.173 e. The number of hydrogen-bond acceptors (Lipinski definition) is 2. The van der Waals surface area contributed by atoms with E-state index in [1.807, 2.05) is 61.6 Å². The fraction of sp³-hybridized carbons (Fsp3) is 0.231. The Morgan fingerprint density at radius 1 is 1.33 bits per heavy atom. The van der Waals surface area contributed by atoms with Gasteiger partial charge in [-0.2, -0.15) is 5.10 Å². The van der Waals surface area contributed by atoms with Gasteiger partial charge in [-0.1, -0.05) is 18.2 Å². The number of rotatable bonds is 3. The van der Waals surface area contributed by atoms with Gasteiger partial charge in [-0.3, -0.25) is 4.68 Å². The third-order valence-electron chi connectivity index (χ3n) is 2.54. The van der Waals surface area contributed by atoms with E-state index in [-0.39, 0.29) is 0 Å². The van der Waals surface area contributed by atoms with Gasteiger partial charge in [-0.05, 0) is 30.4 Å². The summed E-state index contributed by atoms with van der Waals surface area (Å²) >= 11 is 5.34. The van der Waals surface area contributed by atoms with Gasteiger partial charge >= 0.3 is 0 Å². The molecule has 1 heterocycles. The van der Waals surface area contributed by atoms with Crippen molar-refractivity contribution in [3.05, 3.63) is 48.3 Å². The summed E-state index contributed by atoms with van der Waals surface area (Å²) in [6.07, 6.45) is 1.93. The monoisotopic (exact) mass is 260 g/mol. The average Bonchev–Trinajstić information content (AvgIpc) is 2.76. The summed E-state index contributed by atoms with van der Waals surface area (Å²) in [6.45, 7) is 0.694. The lowest BCUT2D eigenvalue weighted by Crippen LogP contribution is -2.30. The molecule has 1 aromatic heterocycles. The molecular weight excluding hydrogens is 244 g/mol. The fourth-order valence-corrected chi connectivity index (χ4v) is 1.79. The molecule has 94 valence electrons. The zero-order valence-electron chi connectivity index (χ0n) is 10.5. The highest BCUT2D eigenvalue weighted by Crippen LogP contribution is 2.07. The fourth-order valence-electron chi connectivity index (χ4n) is 1.60. The quantitative estimate of drug-likeness (QED) is 0.858. The van der Waals surface area contributed by atoms with Crippen LogP contribution in [0.2, 0.25) is 0 Å². The van der Waals surface area contributed by atoms with E-state index in [1.165, 1.54) is 0 Å². The Hall–Kier alpha value is -1.88. The van der Waals surface area contributed by atoms with Crippen molar-refractivity contribution in [2.45, 2.75) is 6.54 Å². The Balaban J connectivity index is 1.93. The largest absolute Gasteiger partial charge is 0.346 e. The van der Waals surface area contributed by atoms with Gasteiger partial charge in [0.05, 0.1) is 12.2 Å². The molecule has 0 saturated heterocycles. The lowest BCUT2D eigenvalue weighted by molar-refractivity contribution is 0.495. The zero-order valence-corrected chi connectivity index (χ0v) is 11.3. The molecule has 18 heavy (non-hydrogen) atoms. The number of benzene rings is 1. The standard InChI is InChI=1S/C13H16N4S/c1-16(10-12-8-9-17(2)15-12)13(18)14-11-6-4-3-5-7-11/h3-9H,10H2,1-2H3,(H,14,18). The molecule has 0 atom stereocenters. The minimum atomic E-state index is 0.687. The van der Waals surface area contributed by atoms with E-state index in [1.54, 1.807) is 4.68 Å². The Morgan fingerprint density at radius 2 is 2.06 bits per heavy atom. The first-order valence-electron chi connectivity index (χ1n) is 5.71. The van der Waals surface area contributed by atoms with E-state index >= 15 is 0 Å². The van der Waals surface area contributed by atoms with E-state index in [0.29, 0.717) is 11.7 Å². The molecule has 0 bridgehead atoms. The Kier molecular flexibility index (Phi) is 3.94. The third-order valence-corrected chi connectivity index (χ3v) is 2.95. The van der Waals surface area contributed by atoms with Crippen LogP contribution in [0.4, 0.5) is 5.69 Å². The van der Waals surface area contributed by atoms with Crippen LogP contribution < -0.4 is 5.32 Å². The minimum Gasteiger partial charge on any atom is -0.346 e. The molecule has 0 unspecified atom stereocenters. The van der Waals surface area contributed by atoms with E-state index in [2.05, 4.69) is 10.4 Å². The molecule has 5 heteroatoms. The van der Waals surface area contributed by atoms with E-state index in [4.69, 9.17) is 12.2 Å². The minimum absolute atomic E-state index is 0.687. The molecule has 0 saturated carbocycles. The molecule has 2 aromatic rings. The Morgan fingerprint density at radius 3 is 2.67 bits per heavy atom. The van der Waals surface area contributed by atoms with Gasteiger partial charge in [0, 0.05) is 26.0 Å². The van der Waals surface area contributed by atoms with E-state index in [9.17, 15) is 0 Å². The molecule has 0 aliphatic rings. The number of para-hydroxylation sites is 1. The first kappa shape index (κ1) is 12.6. The zero-order chi connectivity index (χ0) is 13.0. The van der Waals surface area contributed by atoms with Gasteiger partial charge in [0.25, 0.3) is 0 Å². The van der Waals surface area contributed by atoms with Crippen LogP contribution in [0.1, 0.15) is 5.69 Å². The van der Waals surface area contributed by atoms with Crippen LogP contribution in [0.15, 0.2) is 42.6 Å². The van der Waals surface area contributed by atoms with Crippen molar-refractivity contribution in [1.82, 2.24) is 14.7 Å². The summed E-state index contributed by atoms with van der Waals surface area (Å²) in [5.74, 6) is 0. The molecule has 1 N–H and O–H groups in total. The van der Waals surface area contributed by atoms with Crippen LogP contribution >= 0.6 is 12.2 Å². The maximum Gasteiger partial charge on any atom is 0.173 e. The van der Waals surface area contributed by atoms with Crippen LogP contribution in [-0.4, -0.2) is 26.8 Å². The molecular formula is C13H16N4S. The number of nitrogens with zero attached hydrogens (tertiary/aromatic N) is 3. The topological polar surface area (TPSA) is 33.1 Å². The van der Waals surface area contributed by atoms with Crippen molar-refractivity contribution in [2.75, 3.05) is 12.4 Å². The van der Waals surface area contributed by atoms with Gasteiger partial charge in [0.2, 0.25) is 0 Å². The molecule has 0 spiro atoms. The predicted molar refractivity (Wildman–Crippen MR) is 77.3 cm³/mol. The normalized spacial score (nSPS) is 10.1. The van der Waals surface area contributed by atoms with Crippen LogP contribution in [0, 0.1) is 0 Å². The number of aryl methyl sites for hydroxylation is 1. The van der Waals surface area contributed by atoms with Crippen molar-refractivity contribution in [3.63, 3.8) is 0 Å². The highest BCUT2D eigenvalue weighted by Gasteiger charge is 2.06. The number of thiocarbonyl (C=S) groups is 1. The number of hydrogen-bond donors (Lipinski definition) is 1. The molecule has 0 amide bonds. The maximum absolute atomic E-state index is 5.34. The second kappa shape index (κ2) is 5.64. The van der Waals surface area contributed by atoms with Gasteiger partial charge in [-0.15, -0.1) is 0 Å². The molecule has 1 aromatic carbocycles. The maximum atomic E-state index is 5.34. The van der Waals surface area contributed by atoms with Crippen molar-refractivity contribution in [2.24, 2.45) is 7.05 Å². The number of anilines is 1. The second-order valence-electron chi connectivity index (χ2n) is 4.13. The van der Waals surface area contributed by atoms with Crippen LogP contribution in [0.25, 0.3) is 0 Å². The van der Waals surface area contributed by atoms with Crippen molar-refractivity contribution < 1.29 is 0 Å². The molecule has 0 aliphatic heterocycles. The van der Waals surface area contributed by atoms with E-state index in [0.717, 1.165) is 11.4 Å². The van der Waals surface area contributed by atoms with Crippen molar-refractivity contribution in [3.8, 4) is 0 Å². The average molecular weight is 260 g/mol. The SMILES string of the molecule is CN(Cc1ccn(C)n1)C(=S)Nc1ccccc1. The summed E-state index contributed by atoms with van der Waals surface area (Å²) in [5.41, 5.74) is 1.99. The van der Waals surface area contributed by atoms with Crippen LogP contribution in [0.3, 0.4) is 0 Å². The Bertz CT molecular complexity index is 521. The lowest BCUT2D eigenvalue weighted by atomic mass is 10.3. The summed E-state index contributed by atoms with van der Waals surface area (Å²) in [5, 5.41) is 8.21. The highest BCUT2D eigenvalue weighted by atomic mass is 32.1. The molecule has 4 nitrogen and oxygen atoms in total. The molecule has 0 radical (unpaired) electrons. The predicted octanol–water partition coefficient (Wildman–Crippen LogP) is 2.25. The first-order chi connectivity index (χ1) is 8.65. The van der Waals surface area contributed by atoms with Crippen molar-refractivity contribution in [1.29, 1.82) is 0 Å². The lowest BCUT2D eigenvalue weighted by Gasteiger charge is -2.19. The third kappa shape index (κ3) is 3.30. The second-order valence-corrected chi connectivity index (χ2v) is 4.52. The van der Waals surface area contributed by atoms with Gasteiger partial charge in [0.15, 0.2) is 5.11 Å². The Labute approximate surface area is 112 Å². The van der Waals surface area contributed by atoms with E-state index < -0.39 is 0 Å². The summed E-state index contributed by atoms with van der Waals surface area (Å²) in [4.78, 5) is 1.96. The number of nitrogens with one attached hydrogen (secondary N) is 1. The summed E-state index contributed by atoms with van der Waals surface area (Å²) < 4.78 is 1.79.